The maximum absolute atomic E-state index is 12.9. The third-order valence-corrected chi connectivity index (χ3v) is 6.21. The van der Waals surface area contributed by atoms with Gasteiger partial charge >= 0.3 is 0 Å². The molecular weight excluding hydrogens is 318 g/mol. The van der Waals surface area contributed by atoms with Gasteiger partial charge in [0, 0.05) is 25.6 Å². The Morgan fingerprint density at radius 3 is 2.84 bits per heavy atom. The van der Waals surface area contributed by atoms with Crippen LogP contribution in [0.25, 0.3) is 0 Å². The maximum Gasteiger partial charge on any atom is 0.237 e. The molecule has 0 spiro atoms. The van der Waals surface area contributed by atoms with Crippen LogP contribution in [0.4, 0.5) is 0 Å². The molecule has 0 aromatic carbocycles. The van der Waals surface area contributed by atoms with E-state index in [4.69, 9.17) is 4.74 Å². The molecule has 0 bridgehead atoms. The first-order valence-electron chi connectivity index (χ1n) is 9.85. The minimum absolute atomic E-state index is 0.260. The van der Waals surface area contributed by atoms with Gasteiger partial charge in [-0.3, -0.25) is 9.69 Å². The summed E-state index contributed by atoms with van der Waals surface area (Å²) < 4.78 is 8.18. The Morgan fingerprint density at radius 2 is 1.96 bits per heavy atom. The van der Waals surface area contributed by atoms with E-state index in [1.807, 2.05) is 0 Å². The molecule has 1 amide bonds. The van der Waals surface area contributed by atoms with E-state index < -0.39 is 0 Å². The third kappa shape index (κ3) is 2.97. The second-order valence-corrected chi connectivity index (χ2v) is 7.96. The van der Waals surface area contributed by atoms with Gasteiger partial charge in [-0.05, 0) is 25.7 Å². The molecule has 1 saturated heterocycles. The van der Waals surface area contributed by atoms with Crippen LogP contribution < -0.4 is 0 Å². The molecular formula is C18H27N5O2. The van der Waals surface area contributed by atoms with Gasteiger partial charge in [-0.2, -0.15) is 0 Å². The molecule has 0 N–H and O–H groups in total. The molecule has 0 radical (unpaired) electrons. The average Bonchev–Trinajstić information content (AvgIpc) is 3.40. The number of hydrogen-bond donors (Lipinski definition) is 0. The van der Waals surface area contributed by atoms with Crippen LogP contribution in [-0.2, 0) is 22.6 Å². The molecule has 4 aliphatic rings. The monoisotopic (exact) mass is 345 g/mol. The van der Waals surface area contributed by atoms with Gasteiger partial charge in [0.15, 0.2) is 0 Å². The fourth-order valence-corrected chi connectivity index (χ4v) is 4.70. The van der Waals surface area contributed by atoms with E-state index in [1.165, 1.54) is 31.5 Å². The SMILES string of the molecule is O=C(CN1CCn2c(nnc2C2CC2)C1)N1CCO[C@H]2CCCC[C@@H]21. The summed E-state index contributed by atoms with van der Waals surface area (Å²) in [6.07, 6.45) is 7.40. The number of carbonyl (C=O) groups is 1. The van der Waals surface area contributed by atoms with Crippen molar-refractivity contribution in [3.05, 3.63) is 11.6 Å². The van der Waals surface area contributed by atoms with E-state index in [-0.39, 0.29) is 12.0 Å². The molecule has 2 aliphatic carbocycles. The molecule has 7 nitrogen and oxygen atoms in total. The molecule has 1 aromatic heterocycles. The molecule has 1 aromatic rings. The smallest absolute Gasteiger partial charge is 0.237 e. The molecule has 3 fully saturated rings. The van der Waals surface area contributed by atoms with Gasteiger partial charge in [0.1, 0.15) is 11.6 Å². The van der Waals surface area contributed by atoms with E-state index in [0.717, 1.165) is 44.8 Å². The Morgan fingerprint density at radius 1 is 1.08 bits per heavy atom. The van der Waals surface area contributed by atoms with Crippen LogP contribution in [0.15, 0.2) is 0 Å². The highest BCUT2D eigenvalue weighted by Gasteiger charge is 2.37. The quantitative estimate of drug-likeness (QED) is 0.822. The number of aromatic nitrogens is 3. The first kappa shape index (κ1) is 15.8. The van der Waals surface area contributed by atoms with Crippen LogP contribution in [0, 0.1) is 0 Å². The van der Waals surface area contributed by atoms with Gasteiger partial charge in [0.2, 0.25) is 5.91 Å². The van der Waals surface area contributed by atoms with Crippen LogP contribution in [0.1, 0.15) is 56.1 Å². The lowest BCUT2D eigenvalue weighted by Crippen LogP contribution is -2.57. The summed E-state index contributed by atoms with van der Waals surface area (Å²) in [4.78, 5) is 17.3. The Hall–Kier alpha value is -1.47. The van der Waals surface area contributed by atoms with Crippen LogP contribution >= 0.6 is 0 Å². The van der Waals surface area contributed by atoms with E-state index in [1.54, 1.807) is 0 Å². The molecule has 0 unspecified atom stereocenters. The molecule has 3 heterocycles. The van der Waals surface area contributed by atoms with Crippen molar-refractivity contribution in [1.82, 2.24) is 24.6 Å². The average molecular weight is 345 g/mol. The zero-order chi connectivity index (χ0) is 16.8. The highest BCUT2D eigenvalue weighted by atomic mass is 16.5. The van der Waals surface area contributed by atoms with Gasteiger partial charge in [-0.15, -0.1) is 10.2 Å². The molecule has 136 valence electrons. The second-order valence-electron chi connectivity index (χ2n) is 7.96. The maximum atomic E-state index is 12.9. The van der Waals surface area contributed by atoms with E-state index in [2.05, 4.69) is 24.6 Å². The summed E-state index contributed by atoms with van der Waals surface area (Å²) in [7, 11) is 0. The minimum atomic E-state index is 0.260. The summed E-state index contributed by atoms with van der Waals surface area (Å²) in [6.45, 7) is 4.49. The van der Waals surface area contributed by atoms with Gasteiger partial charge < -0.3 is 14.2 Å². The lowest BCUT2D eigenvalue weighted by molar-refractivity contribution is -0.151. The van der Waals surface area contributed by atoms with Gasteiger partial charge in [-0.25, -0.2) is 0 Å². The van der Waals surface area contributed by atoms with Gasteiger partial charge in [-0.1, -0.05) is 12.8 Å². The summed E-state index contributed by atoms with van der Waals surface area (Å²) in [5, 5.41) is 8.77. The number of carbonyl (C=O) groups excluding carboxylic acids is 1. The molecule has 5 rings (SSSR count). The minimum Gasteiger partial charge on any atom is -0.374 e. The van der Waals surface area contributed by atoms with Crippen LogP contribution in [-0.4, -0.2) is 68.9 Å². The fraction of sp³-hybridized carbons (Fsp3) is 0.833. The Labute approximate surface area is 148 Å². The van der Waals surface area contributed by atoms with Crippen molar-refractivity contribution in [1.29, 1.82) is 0 Å². The number of hydrogen-bond acceptors (Lipinski definition) is 5. The van der Waals surface area contributed by atoms with Crippen molar-refractivity contribution >= 4 is 5.91 Å². The summed E-state index contributed by atoms with van der Waals surface area (Å²) in [5.41, 5.74) is 0. The Kier molecular flexibility index (Phi) is 4.01. The zero-order valence-electron chi connectivity index (χ0n) is 14.8. The zero-order valence-corrected chi connectivity index (χ0v) is 14.8. The van der Waals surface area contributed by atoms with Crippen LogP contribution in [0.3, 0.4) is 0 Å². The van der Waals surface area contributed by atoms with Crippen molar-refractivity contribution in [2.45, 2.75) is 69.7 Å². The van der Waals surface area contributed by atoms with Crippen LogP contribution in [0.2, 0.25) is 0 Å². The van der Waals surface area contributed by atoms with Crippen molar-refractivity contribution in [3.8, 4) is 0 Å². The number of morpholine rings is 1. The standard InChI is InChI=1S/C18H27N5O2/c24-17(22-9-10-25-15-4-2-1-3-14(15)22)12-21-7-8-23-16(11-21)19-20-18(23)13-5-6-13/h13-15H,1-12H2/t14-,15-/m0/s1. The Balaban J connectivity index is 1.23. The van der Waals surface area contributed by atoms with Gasteiger partial charge in [0.25, 0.3) is 0 Å². The number of rotatable bonds is 3. The number of fused-ring (bicyclic) bond motifs is 2. The molecule has 2 aliphatic heterocycles. The fourth-order valence-electron chi connectivity index (χ4n) is 4.70. The summed E-state index contributed by atoms with van der Waals surface area (Å²) in [6, 6.07) is 0.296. The highest BCUT2D eigenvalue weighted by molar-refractivity contribution is 5.78. The normalized spacial score (nSPS) is 30.0. The number of nitrogens with zero attached hydrogens (tertiary/aromatic N) is 5. The number of amides is 1. The molecule has 2 atom stereocenters. The first-order valence-corrected chi connectivity index (χ1v) is 9.85. The van der Waals surface area contributed by atoms with E-state index in [9.17, 15) is 4.79 Å². The first-order chi connectivity index (χ1) is 12.3. The topological polar surface area (TPSA) is 63.5 Å². The lowest BCUT2D eigenvalue weighted by atomic mass is 9.90. The van der Waals surface area contributed by atoms with Crippen molar-refractivity contribution < 1.29 is 9.53 Å². The molecule has 25 heavy (non-hydrogen) atoms. The van der Waals surface area contributed by atoms with Gasteiger partial charge in [0.05, 0.1) is 31.8 Å². The second kappa shape index (κ2) is 6.36. The van der Waals surface area contributed by atoms with Crippen molar-refractivity contribution in [3.63, 3.8) is 0 Å². The van der Waals surface area contributed by atoms with E-state index in [0.29, 0.717) is 25.1 Å². The van der Waals surface area contributed by atoms with Crippen LogP contribution in [0.5, 0.6) is 0 Å². The Bertz CT molecular complexity index is 654. The molecule has 2 saturated carbocycles. The third-order valence-electron chi connectivity index (χ3n) is 6.21. The predicted octanol–water partition coefficient (Wildman–Crippen LogP) is 1.14. The highest BCUT2D eigenvalue weighted by Crippen LogP contribution is 2.39. The summed E-state index contributed by atoms with van der Waals surface area (Å²) >= 11 is 0. The van der Waals surface area contributed by atoms with E-state index >= 15 is 0 Å². The predicted molar refractivity (Wildman–Crippen MR) is 91.0 cm³/mol. The molecule has 7 heteroatoms. The van der Waals surface area contributed by atoms with Crippen molar-refractivity contribution in [2.75, 3.05) is 26.2 Å². The summed E-state index contributed by atoms with van der Waals surface area (Å²) in [5.74, 6) is 3.08. The van der Waals surface area contributed by atoms with Crippen molar-refractivity contribution in [2.24, 2.45) is 0 Å². The lowest BCUT2D eigenvalue weighted by Gasteiger charge is -2.44. The largest absolute Gasteiger partial charge is 0.374 e. The number of ether oxygens (including phenoxy) is 1.